The first-order chi connectivity index (χ1) is 15.5. The summed E-state index contributed by atoms with van der Waals surface area (Å²) < 4.78 is 29.3. The first-order valence-electron chi connectivity index (χ1n) is 10.5. The van der Waals surface area contributed by atoms with E-state index >= 15 is 0 Å². The third-order valence-corrected chi connectivity index (χ3v) is 8.09. The van der Waals surface area contributed by atoms with Crippen LogP contribution in [0.3, 0.4) is 0 Å². The SMILES string of the molecule is CCN(CC)S(=O)(=O)c1ccc(-c2csc(=Nc3ccccc3)n2-c2ccccc2)cc1. The molecule has 0 aliphatic carbocycles. The quantitative estimate of drug-likeness (QED) is 0.365. The number of sulfonamides is 1. The van der Waals surface area contributed by atoms with Crippen LogP contribution in [0, 0.1) is 0 Å². The first kappa shape index (κ1) is 22.2. The molecule has 7 heteroatoms. The fourth-order valence-corrected chi connectivity index (χ4v) is 5.92. The number of rotatable bonds is 7. The molecule has 0 bridgehead atoms. The van der Waals surface area contributed by atoms with Crippen molar-refractivity contribution in [1.82, 2.24) is 8.87 Å². The van der Waals surface area contributed by atoms with Gasteiger partial charge in [0.2, 0.25) is 10.0 Å². The minimum atomic E-state index is -3.49. The predicted octanol–water partition coefficient (Wildman–Crippen LogP) is 5.47. The predicted molar refractivity (Wildman–Crippen MR) is 131 cm³/mol. The third kappa shape index (κ3) is 4.46. The second-order valence-corrected chi connectivity index (χ2v) is 9.91. The molecule has 0 amide bonds. The number of benzene rings is 3. The molecular weight excluding hydrogens is 438 g/mol. The van der Waals surface area contributed by atoms with Gasteiger partial charge in [-0.05, 0) is 42.0 Å². The van der Waals surface area contributed by atoms with Crippen LogP contribution in [-0.2, 0) is 10.0 Å². The highest BCUT2D eigenvalue weighted by Gasteiger charge is 2.21. The number of thiazole rings is 1. The van der Waals surface area contributed by atoms with Crippen molar-refractivity contribution in [2.24, 2.45) is 4.99 Å². The Morgan fingerprint density at radius 3 is 2.03 bits per heavy atom. The van der Waals surface area contributed by atoms with Crippen LogP contribution in [-0.4, -0.2) is 30.4 Å². The van der Waals surface area contributed by atoms with Crippen molar-refractivity contribution in [2.75, 3.05) is 13.1 Å². The molecular formula is C25H25N3O2S2. The molecule has 5 nitrogen and oxygen atoms in total. The Morgan fingerprint density at radius 2 is 1.44 bits per heavy atom. The fourth-order valence-electron chi connectivity index (χ4n) is 3.54. The van der Waals surface area contributed by atoms with Crippen LogP contribution in [0.5, 0.6) is 0 Å². The van der Waals surface area contributed by atoms with Gasteiger partial charge in [0, 0.05) is 24.2 Å². The van der Waals surface area contributed by atoms with Gasteiger partial charge >= 0.3 is 0 Å². The average Bonchev–Trinajstić information content (AvgIpc) is 3.24. The van der Waals surface area contributed by atoms with E-state index in [9.17, 15) is 8.42 Å². The van der Waals surface area contributed by atoms with Crippen LogP contribution in [0.15, 0.2) is 100 Å². The van der Waals surface area contributed by atoms with Crippen LogP contribution >= 0.6 is 11.3 Å². The number of hydrogen-bond acceptors (Lipinski definition) is 4. The van der Waals surface area contributed by atoms with Gasteiger partial charge in [0.05, 0.1) is 16.3 Å². The lowest BCUT2D eigenvalue weighted by Gasteiger charge is -2.18. The standard InChI is InChI=1S/C25H25N3O2S2/c1-3-27(4-2)32(29,30)23-17-15-20(16-18-23)24-19-31-25(26-21-11-7-5-8-12-21)28(24)22-13-9-6-10-14-22/h5-19H,3-4H2,1-2H3. The van der Waals surface area contributed by atoms with Crippen molar-refractivity contribution < 1.29 is 8.42 Å². The highest BCUT2D eigenvalue weighted by atomic mass is 32.2. The summed E-state index contributed by atoms with van der Waals surface area (Å²) in [5, 5.41) is 2.06. The van der Waals surface area contributed by atoms with Crippen LogP contribution in [0.1, 0.15) is 13.8 Å². The lowest BCUT2D eigenvalue weighted by Crippen LogP contribution is -2.30. The van der Waals surface area contributed by atoms with Gasteiger partial charge in [0.25, 0.3) is 0 Å². The molecule has 0 spiro atoms. The summed E-state index contributed by atoms with van der Waals surface area (Å²) in [7, 11) is -3.49. The van der Waals surface area contributed by atoms with E-state index < -0.39 is 10.0 Å². The molecule has 4 rings (SSSR count). The zero-order valence-electron chi connectivity index (χ0n) is 18.0. The molecule has 32 heavy (non-hydrogen) atoms. The summed E-state index contributed by atoms with van der Waals surface area (Å²) in [5.74, 6) is 0. The second kappa shape index (κ2) is 9.65. The van der Waals surface area contributed by atoms with Gasteiger partial charge in [-0.3, -0.25) is 4.57 Å². The molecule has 0 atom stereocenters. The molecule has 0 unspecified atom stereocenters. The van der Waals surface area contributed by atoms with Gasteiger partial charge in [0.1, 0.15) is 0 Å². The van der Waals surface area contributed by atoms with E-state index in [0.29, 0.717) is 18.0 Å². The van der Waals surface area contributed by atoms with E-state index in [1.165, 1.54) is 4.31 Å². The van der Waals surface area contributed by atoms with Crippen molar-refractivity contribution in [1.29, 1.82) is 0 Å². The summed E-state index contributed by atoms with van der Waals surface area (Å²) in [6, 6.07) is 27.0. The zero-order valence-corrected chi connectivity index (χ0v) is 19.7. The van der Waals surface area contributed by atoms with Gasteiger partial charge in [-0.1, -0.05) is 62.4 Å². The summed E-state index contributed by atoms with van der Waals surface area (Å²) in [6.07, 6.45) is 0. The molecule has 0 aliphatic heterocycles. The average molecular weight is 464 g/mol. The van der Waals surface area contributed by atoms with Gasteiger partial charge in [-0.15, -0.1) is 11.3 Å². The summed E-state index contributed by atoms with van der Waals surface area (Å²) in [5.41, 5.74) is 3.77. The minimum Gasteiger partial charge on any atom is -0.285 e. The summed E-state index contributed by atoms with van der Waals surface area (Å²) in [6.45, 7) is 4.59. The summed E-state index contributed by atoms with van der Waals surface area (Å²) >= 11 is 1.55. The molecule has 3 aromatic carbocycles. The summed E-state index contributed by atoms with van der Waals surface area (Å²) in [4.78, 5) is 6.00. The minimum absolute atomic E-state index is 0.306. The van der Waals surface area contributed by atoms with E-state index in [0.717, 1.165) is 27.4 Å². The molecule has 0 saturated heterocycles. The molecule has 4 aromatic rings. The van der Waals surface area contributed by atoms with E-state index in [1.807, 2.05) is 86.6 Å². The fraction of sp³-hybridized carbons (Fsp3) is 0.160. The normalized spacial score (nSPS) is 12.4. The van der Waals surface area contributed by atoms with Gasteiger partial charge < -0.3 is 0 Å². The van der Waals surface area contributed by atoms with Crippen LogP contribution in [0.25, 0.3) is 16.9 Å². The smallest absolute Gasteiger partial charge is 0.243 e. The van der Waals surface area contributed by atoms with Crippen molar-refractivity contribution in [3.63, 3.8) is 0 Å². The molecule has 0 N–H and O–H groups in total. The van der Waals surface area contributed by atoms with Crippen molar-refractivity contribution in [3.05, 3.63) is 95.1 Å². The van der Waals surface area contributed by atoms with E-state index in [2.05, 4.69) is 9.95 Å². The van der Waals surface area contributed by atoms with E-state index in [-0.39, 0.29) is 0 Å². The molecule has 164 valence electrons. The van der Waals surface area contributed by atoms with Crippen LogP contribution in [0.2, 0.25) is 0 Å². The lowest BCUT2D eigenvalue weighted by molar-refractivity contribution is 0.445. The number of hydrogen-bond donors (Lipinski definition) is 0. The third-order valence-electron chi connectivity index (χ3n) is 5.20. The Hall–Kier alpha value is -3.00. The topological polar surface area (TPSA) is 54.7 Å². The Morgan fingerprint density at radius 1 is 0.844 bits per heavy atom. The van der Waals surface area contributed by atoms with Gasteiger partial charge in [0.15, 0.2) is 4.80 Å². The Kier molecular flexibility index (Phi) is 6.69. The molecule has 0 fully saturated rings. The van der Waals surface area contributed by atoms with E-state index in [4.69, 9.17) is 4.99 Å². The van der Waals surface area contributed by atoms with Crippen LogP contribution in [0.4, 0.5) is 5.69 Å². The first-order valence-corrected chi connectivity index (χ1v) is 12.8. The van der Waals surface area contributed by atoms with Gasteiger partial charge in [-0.25, -0.2) is 13.4 Å². The molecule has 0 radical (unpaired) electrons. The Balaban J connectivity index is 1.82. The van der Waals surface area contributed by atoms with Crippen molar-refractivity contribution >= 4 is 27.0 Å². The number of para-hydroxylation sites is 2. The lowest BCUT2D eigenvalue weighted by atomic mass is 10.1. The number of nitrogens with zero attached hydrogens (tertiary/aromatic N) is 3. The molecule has 0 aliphatic rings. The monoisotopic (exact) mass is 463 g/mol. The maximum atomic E-state index is 12.8. The zero-order chi connectivity index (χ0) is 22.6. The Labute approximate surface area is 193 Å². The van der Waals surface area contributed by atoms with Crippen molar-refractivity contribution in [2.45, 2.75) is 18.7 Å². The van der Waals surface area contributed by atoms with E-state index in [1.54, 1.807) is 23.5 Å². The molecule has 0 saturated carbocycles. The molecule has 1 heterocycles. The highest BCUT2D eigenvalue weighted by molar-refractivity contribution is 7.89. The van der Waals surface area contributed by atoms with Gasteiger partial charge in [-0.2, -0.15) is 4.31 Å². The van der Waals surface area contributed by atoms with Crippen LogP contribution < -0.4 is 4.80 Å². The maximum Gasteiger partial charge on any atom is 0.243 e. The molecule has 1 aromatic heterocycles. The second-order valence-electron chi connectivity index (χ2n) is 7.14. The Bertz CT molecular complexity index is 1340. The van der Waals surface area contributed by atoms with Crippen molar-refractivity contribution in [3.8, 4) is 16.9 Å². The number of aromatic nitrogens is 1. The maximum absolute atomic E-state index is 12.8. The largest absolute Gasteiger partial charge is 0.285 e. The highest BCUT2D eigenvalue weighted by Crippen LogP contribution is 2.26.